The predicted octanol–water partition coefficient (Wildman–Crippen LogP) is 3.27. The van der Waals surface area contributed by atoms with Gasteiger partial charge in [-0.3, -0.25) is 0 Å². The number of aromatic hydroxyl groups is 1. The monoisotopic (exact) mass is 428 g/mol. The number of ether oxygens (including phenoxy) is 1. The van der Waals surface area contributed by atoms with Gasteiger partial charge in [0, 0.05) is 12.1 Å². The average Bonchev–Trinajstić information content (AvgIpc) is 2.78. The smallest absolute Gasteiger partial charge is 0.119 e. The van der Waals surface area contributed by atoms with Crippen molar-refractivity contribution in [3.63, 3.8) is 0 Å². The number of phenols is 1. The lowest BCUT2D eigenvalue weighted by atomic mass is 9.78. The van der Waals surface area contributed by atoms with E-state index < -0.39 is 11.2 Å². The average molecular weight is 429 g/mol. The van der Waals surface area contributed by atoms with Gasteiger partial charge in [0.25, 0.3) is 0 Å². The largest absolute Gasteiger partial charge is 0.508 e. The third-order valence-electron chi connectivity index (χ3n) is 6.71. The van der Waals surface area contributed by atoms with E-state index in [2.05, 4.69) is 0 Å². The second-order valence-corrected chi connectivity index (χ2v) is 9.02. The standard InChI is InChI=1S/C13H19NO2.C12H17NO2/c1-16-12-4-2-3-10(9-12)13(15)7-5-11(14)6-8-13;13-10-4-6-12(15,7-5-10)9-2-1-3-11(14)8-9/h2-4,9,11,15H,5-8,14H2,1H3;1-3,8,10,14-15H,4-7,13H2. The van der Waals surface area contributed by atoms with Crippen molar-refractivity contribution in [2.75, 3.05) is 7.11 Å². The summed E-state index contributed by atoms with van der Waals surface area (Å²) in [6, 6.07) is 15.0. The number of phenolic OH excluding ortho intramolecular Hbond substituents is 1. The Hall–Kier alpha value is -2.12. The van der Waals surface area contributed by atoms with Gasteiger partial charge < -0.3 is 31.5 Å². The third kappa shape index (κ3) is 5.98. The van der Waals surface area contributed by atoms with Gasteiger partial charge in [-0.25, -0.2) is 0 Å². The summed E-state index contributed by atoms with van der Waals surface area (Å²) in [5.74, 6) is 0.997. The second-order valence-electron chi connectivity index (χ2n) is 9.02. The zero-order chi connectivity index (χ0) is 22.5. The fourth-order valence-corrected chi connectivity index (χ4v) is 4.52. The van der Waals surface area contributed by atoms with Gasteiger partial charge in [-0.2, -0.15) is 0 Å². The maximum absolute atomic E-state index is 10.6. The number of methoxy groups -OCH3 is 1. The van der Waals surface area contributed by atoms with Crippen molar-refractivity contribution in [1.29, 1.82) is 0 Å². The summed E-state index contributed by atoms with van der Waals surface area (Å²) in [6.45, 7) is 0. The minimum atomic E-state index is -0.797. The molecule has 0 atom stereocenters. The molecule has 170 valence electrons. The lowest BCUT2D eigenvalue weighted by Gasteiger charge is -2.35. The molecule has 0 unspecified atom stereocenters. The summed E-state index contributed by atoms with van der Waals surface area (Å²) in [4.78, 5) is 0. The van der Waals surface area contributed by atoms with Crippen LogP contribution in [0.25, 0.3) is 0 Å². The summed E-state index contributed by atoms with van der Waals surface area (Å²) in [5.41, 5.74) is 11.9. The minimum absolute atomic E-state index is 0.204. The van der Waals surface area contributed by atoms with Crippen molar-refractivity contribution >= 4 is 0 Å². The van der Waals surface area contributed by atoms with E-state index in [0.29, 0.717) is 12.8 Å². The molecule has 0 aliphatic heterocycles. The van der Waals surface area contributed by atoms with Gasteiger partial charge in [0.1, 0.15) is 11.5 Å². The Labute approximate surface area is 184 Å². The molecule has 0 heterocycles. The van der Waals surface area contributed by atoms with Crippen LogP contribution in [-0.4, -0.2) is 34.5 Å². The van der Waals surface area contributed by atoms with Crippen LogP contribution < -0.4 is 16.2 Å². The third-order valence-corrected chi connectivity index (χ3v) is 6.71. The lowest BCUT2D eigenvalue weighted by molar-refractivity contribution is -0.00537. The molecule has 0 aromatic heterocycles. The Kier molecular flexibility index (Phi) is 7.59. The first-order chi connectivity index (χ1) is 14.7. The number of benzene rings is 2. The maximum Gasteiger partial charge on any atom is 0.119 e. The Morgan fingerprint density at radius 2 is 1.23 bits per heavy atom. The summed E-state index contributed by atoms with van der Waals surface area (Å²) in [6.07, 6.45) is 6.28. The van der Waals surface area contributed by atoms with Crippen LogP contribution in [0.2, 0.25) is 0 Å². The molecule has 7 N–H and O–H groups in total. The normalized spacial score (nSPS) is 30.7. The molecular weight excluding hydrogens is 392 g/mol. The van der Waals surface area contributed by atoms with E-state index in [0.717, 1.165) is 55.4 Å². The molecule has 0 radical (unpaired) electrons. The summed E-state index contributed by atoms with van der Waals surface area (Å²) >= 11 is 0. The van der Waals surface area contributed by atoms with Crippen molar-refractivity contribution in [2.24, 2.45) is 11.5 Å². The minimum Gasteiger partial charge on any atom is -0.508 e. The molecule has 0 spiro atoms. The van der Waals surface area contributed by atoms with Crippen LogP contribution in [0.5, 0.6) is 11.5 Å². The van der Waals surface area contributed by atoms with Crippen LogP contribution in [0.1, 0.15) is 62.5 Å². The fourth-order valence-electron chi connectivity index (χ4n) is 4.52. The summed E-state index contributed by atoms with van der Waals surface area (Å²) in [7, 11) is 1.64. The molecular formula is C25H36N2O4. The first kappa shape index (κ1) is 23.5. The van der Waals surface area contributed by atoms with Crippen molar-refractivity contribution < 1.29 is 20.1 Å². The van der Waals surface area contributed by atoms with E-state index in [1.807, 2.05) is 30.3 Å². The molecule has 0 saturated heterocycles. The summed E-state index contributed by atoms with van der Waals surface area (Å²) < 4.78 is 5.18. The van der Waals surface area contributed by atoms with E-state index in [9.17, 15) is 15.3 Å². The van der Waals surface area contributed by atoms with E-state index in [1.54, 1.807) is 25.3 Å². The van der Waals surface area contributed by atoms with E-state index >= 15 is 0 Å². The molecule has 4 rings (SSSR count). The first-order valence-corrected chi connectivity index (χ1v) is 11.1. The summed E-state index contributed by atoms with van der Waals surface area (Å²) in [5, 5.41) is 30.4. The highest BCUT2D eigenvalue weighted by atomic mass is 16.5. The Bertz CT molecular complexity index is 841. The van der Waals surface area contributed by atoms with E-state index in [4.69, 9.17) is 16.2 Å². The van der Waals surface area contributed by atoms with Gasteiger partial charge in [-0.15, -0.1) is 0 Å². The van der Waals surface area contributed by atoms with Gasteiger partial charge in [-0.05, 0) is 86.8 Å². The number of rotatable bonds is 3. The molecule has 0 amide bonds. The topological polar surface area (TPSA) is 122 Å². The predicted molar refractivity (Wildman–Crippen MR) is 122 cm³/mol. The number of hydrogen-bond acceptors (Lipinski definition) is 6. The molecule has 2 aromatic carbocycles. The zero-order valence-electron chi connectivity index (χ0n) is 18.3. The SMILES string of the molecule is COc1cccc(C2(O)CCC(N)CC2)c1.NC1CCC(O)(c2cccc(O)c2)CC1. The highest BCUT2D eigenvalue weighted by Gasteiger charge is 2.34. The number of aliphatic hydroxyl groups is 2. The van der Waals surface area contributed by atoms with Gasteiger partial charge >= 0.3 is 0 Å². The van der Waals surface area contributed by atoms with Crippen LogP contribution in [0.3, 0.4) is 0 Å². The van der Waals surface area contributed by atoms with Crippen LogP contribution >= 0.6 is 0 Å². The van der Waals surface area contributed by atoms with Crippen molar-refractivity contribution in [1.82, 2.24) is 0 Å². The molecule has 2 aliphatic rings. The van der Waals surface area contributed by atoms with Crippen molar-refractivity contribution in [3.8, 4) is 11.5 Å². The quantitative estimate of drug-likeness (QED) is 0.511. The van der Waals surface area contributed by atoms with Gasteiger partial charge in [0.2, 0.25) is 0 Å². The van der Waals surface area contributed by atoms with Gasteiger partial charge in [0.05, 0.1) is 18.3 Å². The maximum atomic E-state index is 10.6. The molecule has 31 heavy (non-hydrogen) atoms. The Morgan fingerprint density at radius 3 is 1.68 bits per heavy atom. The lowest BCUT2D eigenvalue weighted by Crippen LogP contribution is -2.36. The van der Waals surface area contributed by atoms with Crippen LogP contribution in [-0.2, 0) is 11.2 Å². The molecule has 2 fully saturated rings. The van der Waals surface area contributed by atoms with Gasteiger partial charge in [-0.1, -0.05) is 24.3 Å². The van der Waals surface area contributed by atoms with Crippen LogP contribution in [0.15, 0.2) is 48.5 Å². The second kappa shape index (κ2) is 10.0. The number of nitrogens with two attached hydrogens (primary N) is 2. The Morgan fingerprint density at radius 1 is 0.774 bits per heavy atom. The van der Waals surface area contributed by atoms with Crippen molar-refractivity contribution in [3.05, 3.63) is 59.7 Å². The Balaban J connectivity index is 0.000000176. The van der Waals surface area contributed by atoms with Crippen LogP contribution in [0, 0.1) is 0 Å². The highest BCUT2D eigenvalue weighted by Crippen LogP contribution is 2.38. The fraction of sp³-hybridized carbons (Fsp3) is 0.520. The highest BCUT2D eigenvalue weighted by molar-refractivity contribution is 5.33. The van der Waals surface area contributed by atoms with Gasteiger partial charge in [0.15, 0.2) is 0 Å². The first-order valence-electron chi connectivity index (χ1n) is 11.1. The molecule has 6 nitrogen and oxygen atoms in total. The zero-order valence-corrected chi connectivity index (χ0v) is 18.3. The van der Waals surface area contributed by atoms with E-state index in [-0.39, 0.29) is 17.8 Å². The number of hydrogen-bond donors (Lipinski definition) is 5. The molecule has 0 bridgehead atoms. The molecule has 2 aromatic rings. The van der Waals surface area contributed by atoms with E-state index in [1.165, 1.54) is 0 Å². The van der Waals surface area contributed by atoms with Crippen molar-refractivity contribution in [2.45, 2.75) is 74.7 Å². The molecule has 6 heteroatoms. The molecule has 2 saturated carbocycles. The van der Waals surface area contributed by atoms with Crippen LogP contribution in [0.4, 0.5) is 0 Å². The molecule has 2 aliphatic carbocycles.